The maximum Gasteiger partial charge on any atom is 0.0703 e. The van der Waals surface area contributed by atoms with Crippen molar-refractivity contribution in [1.82, 2.24) is 5.32 Å². The molecular formula is C14H16N2. The zero-order chi connectivity index (χ0) is 11.0. The van der Waals surface area contributed by atoms with E-state index in [1.54, 1.807) is 0 Å². The summed E-state index contributed by atoms with van der Waals surface area (Å²) in [4.78, 5) is 0. The molecule has 0 amide bonds. The molecule has 1 aromatic rings. The molecule has 2 aliphatic carbocycles. The molecule has 3 rings (SSSR count). The van der Waals surface area contributed by atoms with Crippen molar-refractivity contribution in [3.05, 3.63) is 35.9 Å². The van der Waals surface area contributed by atoms with Gasteiger partial charge in [-0.3, -0.25) is 0 Å². The summed E-state index contributed by atoms with van der Waals surface area (Å²) in [5.41, 5.74) is 1.42. The Labute approximate surface area is 96.3 Å². The number of nitrogens with one attached hydrogen (secondary N) is 1. The summed E-state index contributed by atoms with van der Waals surface area (Å²) in [6, 6.07) is 13.7. The lowest BCUT2D eigenvalue weighted by Crippen LogP contribution is -2.25. The second-order valence-electron chi connectivity index (χ2n) is 5.13. The van der Waals surface area contributed by atoms with Crippen LogP contribution in [0.3, 0.4) is 0 Å². The Morgan fingerprint density at radius 2 is 2.06 bits per heavy atom. The lowest BCUT2D eigenvalue weighted by atomic mass is 10.1. The molecule has 1 aromatic carbocycles. The molecule has 82 valence electrons. The van der Waals surface area contributed by atoms with Gasteiger partial charge in [0.05, 0.1) is 11.5 Å². The average molecular weight is 212 g/mol. The molecule has 2 fully saturated rings. The zero-order valence-corrected chi connectivity index (χ0v) is 9.32. The van der Waals surface area contributed by atoms with Crippen molar-refractivity contribution < 1.29 is 0 Å². The zero-order valence-electron chi connectivity index (χ0n) is 9.32. The van der Waals surface area contributed by atoms with Crippen molar-refractivity contribution in [1.29, 1.82) is 5.26 Å². The van der Waals surface area contributed by atoms with Gasteiger partial charge in [-0.25, -0.2) is 0 Å². The van der Waals surface area contributed by atoms with Gasteiger partial charge < -0.3 is 5.32 Å². The quantitative estimate of drug-likeness (QED) is 0.832. The Bertz CT molecular complexity index is 414. The van der Waals surface area contributed by atoms with Crippen LogP contribution in [0.4, 0.5) is 0 Å². The lowest BCUT2D eigenvalue weighted by molar-refractivity contribution is 0.550. The van der Waals surface area contributed by atoms with E-state index in [-0.39, 0.29) is 5.41 Å². The minimum absolute atomic E-state index is 0.0101. The molecule has 0 aromatic heterocycles. The minimum atomic E-state index is -0.0101. The summed E-state index contributed by atoms with van der Waals surface area (Å²) in [6.07, 6.45) is 3.39. The predicted octanol–water partition coefficient (Wildman–Crippen LogP) is 2.44. The van der Waals surface area contributed by atoms with Gasteiger partial charge in [-0.15, -0.1) is 0 Å². The predicted molar refractivity (Wildman–Crippen MR) is 62.9 cm³/mol. The van der Waals surface area contributed by atoms with Crippen LogP contribution in [-0.4, -0.2) is 12.6 Å². The van der Waals surface area contributed by atoms with Gasteiger partial charge in [0.1, 0.15) is 0 Å². The van der Waals surface area contributed by atoms with Crippen LogP contribution in [0.15, 0.2) is 30.3 Å². The standard InChI is InChI=1S/C14H16N2/c15-9-14(6-7-14)10-16-13-8-12(13)11-4-2-1-3-5-11/h1-5,12-13,16H,6-8,10H2/t12?,13-/m0/s1. The highest BCUT2D eigenvalue weighted by atomic mass is 15.0. The summed E-state index contributed by atoms with van der Waals surface area (Å²) in [5.74, 6) is 0.677. The molecule has 0 aliphatic heterocycles. The van der Waals surface area contributed by atoms with Crippen molar-refractivity contribution in [2.75, 3.05) is 6.54 Å². The second-order valence-corrected chi connectivity index (χ2v) is 5.13. The van der Waals surface area contributed by atoms with Crippen molar-refractivity contribution in [2.45, 2.75) is 31.2 Å². The van der Waals surface area contributed by atoms with Gasteiger partial charge >= 0.3 is 0 Å². The summed E-state index contributed by atoms with van der Waals surface area (Å²) < 4.78 is 0. The summed E-state index contributed by atoms with van der Waals surface area (Å²) in [5, 5.41) is 12.5. The fourth-order valence-corrected chi connectivity index (χ4v) is 2.29. The maximum absolute atomic E-state index is 8.98. The topological polar surface area (TPSA) is 35.8 Å². The SMILES string of the molecule is N#CC1(CN[C@H]2CC2c2ccccc2)CC1. The van der Waals surface area contributed by atoms with E-state index < -0.39 is 0 Å². The third-order valence-corrected chi connectivity index (χ3v) is 3.81. The van der Waals surface area contributed by atoms with Gasteiger partial charge in [0.15, 0.2) is 0 Å². The molecule has 2 nitrogen and oxygen atoms in total. The second kappa shape index (κ2) is 3.61. The molecule has 0 bridgehead atoms. The molecule has 1 N–H and O–H groups in total. The number of benzene rings is 1. The molecule has 2 atom stereocenters. The number of rotatable bonds is 4. The van der Waals surface area contributed by atoms with Crippen molar-refractivity contribution in [2.24, 2.45) is 5.41 Å². The van der Waals surface area contributed by atoms with E-state index in [1.807, 2.05) is 0 Å². The normalized spacial score (nSPS) is 29.4. The minimum Gasteiger partial charge on any atom is -0.312 e. The Balaban J connectivity index is 1.52. The van der Waals surface area contributed by atoms with Crippen LogP contribution >= 0.6 is 0 Å². The molecule has 0 spiro atoms. The largest absolute Gasteiger partial charge is 0.312 e. The Morgan fingerprint density at radius 1 is 1.31 bits per heavy atom. The van der Waals surface area contributed by atoms with E-state index in [4.69, 9.17) is 5.26 Å². The van der Waals surface area contributed by atoms with E-state index in [1.165, 1.54) is 12.0 Å². The Hall–Kier alpha value is -1.33. The van der Waals surface area contributed by atoms with Gasteiger partial charge in [-0.2, -0.15) is 5.26 Å². The molecule has 0 radical (unpaired) electrons. The fourth-order valence-electron chi connectivity index (χ4n) is 2.29. The molecule has 2 heteroatoms. The lowest BCUT2D eigenvalue weighted by Gasteiger charge is -2.07. The first-order valence-electron chi connectivity index (χ1n) is 6.03. The monoisotopic (exact) mass is 212 g/mol. The van der Waals surface area contributed by atoms with Gasteiger partial charge in [0, 0.05) is 18.5 Å². The fraction of sp³-hybridized carbons (Fsp3) is 0.500. The average Bonchev–Trinajstić information content (AvgIpc) is 3.23. The van der Waals surface area contributed by atoms with E-state index >= 15 is 0 Å². The maximum atomic E-state index is 8.98. The van der Waals surface area contributed by atoms with Crippen molar-refractivity contribution >= 4 is 0 Å². The molecule has 1 unspecified atom stereocenters. The van der Waals surface area contributed by atoms with Crippen LogP contribution in [-0.2, 0) is 0 Å². The van der Waals surface area contributed by atoms with Crippen LogP contribution < -0.4 is 5.32 Å². The van der Waals surface area contributed by atoms with Crippen molar-refractivity contribution in [3.8, 4) is 6.07 Å². The number of nitrogens with zero attached hydrogens (tertiary/aromatic N) is 1. The van der Waals surface area contributed by atoms with E-state index in [2.05, 4.69) is 41.7 Å². The van der Waals surface area contributed by atoms with Crippen molar-refractivity contribution in [3.63, 3.8) is 0 Å². The smallest absolute Gasteiger partial charge is 0.0703 e. The van der Waals surface area contributed by atoms with Crippen LogP contribution in [0.25, 0.3) is 0 Å². The Morgan fingerprint density at radius 3 is 2.69 bits per heavy atom. The van der Waals surface area contributed by atoms with Gasteiger partial charge in [0.25, 0.3) is 0 Å². The number of hydrogen-bond donors (Lipinski definition) is 1. The van der Waals surface area contributed by atoms with Gasteiger partial charge in [-0.1, -0.05) is 30.3 Å². The molecule has 0 saturated heterocycles. The molecule has 16 heavy (non-hydrogen) atoms. The number of nitriles is 1. The first kappa shape index (κ1) is 9.86. The van der Waals surface area contributed by atoms with Crippen LogP contribution in [0, 0.1) is 16.7 Å². The molecule has 0 heterocycles. The van der Waals surface area contributed by atoms with Gasteiger partial charge in [0.2, 0.25) is 0 Å². The highest BCUT2D eigenvalue weighted by Gasteiger charge is 2.46. The van der Waals surface area contributed by atoms with Crippen LogP contribution in [0.5, 0.6) is 0 Å². The highest BCUT2D eigenvalue weighted by Crippen LogP contribution is 2.46. The Kier molecular flexibility index (Phi) is 2.22. The molecule has 2 saturated carbocycles. The first-order chi connectivity index (χ1) is 7.83. The summed E-state index contributed by atoms with van der Waals surface area (Å²) in [7, 11) is 0. The number of hydrogen-bond acceptors (Lipinski definition) is 2. The summed E-state index contributed by atoms with van der Waals surface area (Å²) in [6.45, 7) is 0.886. The molecular weight excluding hydrogens is 196 g/mol. The highest BCUT2D eigenvalue weighted by molar-refractivity contribution is 5.28. The van der Waals surface area contributed by atoms with E-state index in [0.717, 1.165) is 19.4 Å². The molecule has 2 aliphatic rings. The van der Waals surface area contributed by atoms with E-state index in [9.17, 15) is 0 Å². The third kappa shape index (κ3) is 1.83. The third-order valence-electron chi connectivity index (χ3n) is 3.81. The summed E-state index contributed by atoms with van der Waals surface area (Å²) >= 11 is 0. The first-order valence-corrected chi connectivity index (χ1v) is 6.03. The van der Waals surface area contributed by atoms with Gasteiger partial charge in [-0.05, 0) is 24.8 Å². The van der Waals surface area contributed by atoms with E-state index in [0.29, 0.717) is 12.0 Å². The van der Waals surface area contributed by atoms with Crippen LogP contribution in [0.1, 0.15) is 30.7 Å². The van der Waals surface area contributed by atoms with Crippen LogP contribution in [0.2, 0.25) is 0 Å².